The predicted octanol–water partition coefficient (Wildman–Crippen LogP) is 5.59. The van der Waals surface area contributed by atoms with Crippen LogP contribution in [0, 0.1) is 0 Å². The van der Waals surface area contributed by atoms with Gasteiger partial charge in [0.2, 0.25) is 18.6 Å². The highest BCUT2D eigenvalue weighted by molar-refractivity contribution is 8.15. The average molecular weight is 528 g/mol. The number of nitrogens with one attached hydrogen (secondary N) is 1. The number of aliphatic imine (C=N–C) groups is 1. The number of rotatable bonds is 5. The number of amidine groups is 1. The van der Waals surface area contributed by atoms with Crippen LogP contribution in [0.3, 0.4) is 0 Å². The Morgan fingerprint density at radius 3 is 2.59 bits per heavy atom. The SMILES string of the molecule is O=C(Nc1ccccc1)C1CC(=O)N(Cc2ccc3c(c2)OCO3)C(=Nc2cccc(C(F)(F)F)c2)S1. The smallest absolute Gasteiger partial charge is 0.416 e. The van der Waals surface area contributed by atoms with Gasteiger partial charge in [-0.2, -0.15) is 13.2 Å². The van der Waals surface area contributed by atoms with E-state index in [4.69, 9.17) is 9.47 Å². The van der Waals surface area contributed by atoms with E-state index in [9.17, 15) is 22.8 Å². The first-order valence-corrected chi connectivity index (χ1v) is 12.1. The molecule has 3 aromatic rings. The maximum absolute atomic E-state index is 13.3. The van der Waals surface area contributed by atoms with Crippen LogP contribution in [0.4, 0.5) is 24.5 Å². The molecule has 0 radical (unpaired) electrons. The van der Waals surface area contributed by atoms with Crippen molar-refractivity contribution in [3.8, 4) is 11.5 Å². The number of hydrogen-bond donors (Lipinski definition) is 1. The number of para-hydroxylation sites is 1. The average Bonchev–Trinajstić information content (AvgIpc) is 3.34. The van der Waals surface area contributed by atoms with Crippen LogP contribution < -0.4 is 14.8 Å². The highest BCUT2D eigenvalue weighted by Gasteiger charge is 2.36. The molecule has 0 saturated carbocycles. The van der Waals surface area contributed by atoms with Crippen LogP contribution in [0.25, 0.3) is 0 Å². The van der Waals surface area contributed by atoms with Gasteiger partial charge in [0.05, 0.1) is 17.8 Å². The molecule has 37 heavy (non-hydrogen) atoms. The molecule has 1 unspecified atom stereocenters. The zero-order valence-electron chi connectivity index (χ0n) is 19.2. The second-order valence-corrected chi connectivity index (χ2v) is 9.45. The van der Waals surface area contributed by atoms with Crippen molar-refractivity contribution in [1.82, 2.24) is 4.90 Å². The van der Waals surface area contributed by atoms with Gasteiger partial charge < -0.3 is 14.8 Å². The van der Waals surface area contributed by atoms with E-state index in [0.29, 0.717) is 22.7 Å². The summed E-state index contributed by atoms with van der Waals surface area (Å²) in [5, 5.41) is 2.09. The van der Waals surface area contributed by atoms with Gasteiger partial charge in [-0.15, -0.1) is 0 Å². The fraction of sp³-hybridized carbons (Fsp3) is 0.192. The highest BCUT2D eigenvalue weighted by Crippen LogP contribution is 2.36. The molecule has 1 saturated heterocycles. The summed E-state index contributed by atoms with van der Waals surface area (Å²) in [6, 6.07) is 18.5. The predicted molar refractivity (Wildman–Crippen MR) is 133 cm³/mol. The van der Waals surface area contributed by atoms with E-state index in [1.807, 2.05) is 6.07 Å². The van der Waals surface area contributed by atoms with Crippen molar-refractivity contribution >= 4 is 40.1 Å². The molecular formula is C26H20F3N3O4S. The maximum Gasteiger partial charge on any atom is 0.416 e. The van der Waals surface area contributed by atoms with Crippen molar-refractivity contribution in [2.75, 3.05) is 12.1 Å². The summed E-state index contributed by atoms with van der Waals surface area (Å²) in [6.45, 7) is 0.186. The molecule has 190 valence electrons. The zero-order valence-corrected chi connectivity index (χ0v) is 20.0. The number of thioether (sulfide) groups is 1. The molecule has 2 aliphatic rings. The Labute approximate surface area is 214 Å². The van der Waals surface area contributed by atoms with Crippen LogP contribution in [-0.2, 0) is 22.3 Å². The normalized spacial score (nSPS) is 18.2. The Balaban J connectivity index is 1.45. The summed E-state index contributed by atoms with van der Waals surface area (Å²) in [7, 11) is 0. The van der Waals surface area contributed by atoms with E-state index < -0.39 is 22.9 Å². The first kappa shape index (κ1) is 24.7. The number of amides is 2. The number of benzene rings is 3. The number of carbonyl (C=O) groups excluding carboxylic acids is 2. The molecule has 3 aromatic carbocycles. The van der Waals surface area contributed by atoms with Gasteiger partial charge in [-0.25, -0.2) is 4.99 Å². The molecule has 2 aliphatic heterocycles. The third-order valence-electron chi connectivity index (χ3n) is 5.65. The van der Waals surface area contributed by atoms with Crippen LogP contribution in [0.2, 0.25) is 0 Å². The summed E-state index contributed by atoms with van der Waals surface area (Å²) in [4.78, 5) is 31.9. The van der Waals surface area contributed by atoms with Gasteiger partial charge in [0.15, 0.2) is 16.7 Å². The fourth-order valence-corrected chi connectivity index (χ4v) is 4.92. The second kappa shape index (κ2) is 10.2. The van der Waals surface area contributed by atoms with Crippen molar-refractivity contribution in [3.05, 3.63) is 83.9 Å². The molecule has 1 N–H and O–H groups in total. The maximum atomic E-state index is 13.3. The number of carbonyl (C=O) groups is 2. The summed E-state index contributed by atoms with van der Waals surface area (Å²) >= 11 is 1.03. The molecule has 0 bridgehead atoms. The van der Waals surface area contributed by atoms with Gasteiger partial charge >= 0.3 is 6.18 Å². The Kier molecular flexibility index (Phi) is 6.79. The van der Waals surface area contributed by atoms with Gasteiger partial charge in [0, 0.05) is 12.1 Å². The molecule has 0 spiro atoms. The minimum absolute atomic E-state index is 0.0185. The lowest BCUT2D eigenvalue weighted by Gasteiger charge is -2.32. The number of halogens is 3. The van der Waals surface area contributed by atoms with Crippen LogP contribution >= 0.6 is 11.8 Å². The Bertz CT molecular complexity index is 1360. The van der Waals surface area contributed by atoms with Crippen molar-refractivity contribution in [2.45, 2.75) is 24.4 Å². The molecule has 5 rings (SSSR count). The number of hydrogen-bond acceptors (Lipinski definition) is 6. The number of nitrogens with zero attached hydrogens (tertiary/aromatic N) is 2. The van der Waals surface area contributed by atoms with E-state index in [0.717, 1.165) is 23.9 Å². The minimum Gasteiger partial charge on any atom is -0.454 e. The summed E-state index contributed by atoms with van der Waals surface area (Å²) in [5.41, 5.74) is 0.439. The summed E-state index contributed by atoms with van der Waals surface area (Å²) in [5.74, 6) is 0.337. The molecule has 0 aromatic heterocycles. The molecule has 0 aliphatic carbocycles. The molecule has 7 nitrogen and oxygen atoms in total. The van der Waals surface area contributed by atoms with Crippen LogP contribution in [-0.4, -0.2) is 33.9 Å². The molecule has 2 heterocycles. The summed E-state index contributed by atoms with van der Waals surface area (Å²) < 4.78 is 50.5. The van der Waals surface area contributed by atoms with Crippen LogP contribution in [0.15, 0.2) is 77.8 Å². The number of fused-ring (bicyclic) bond motifs is 1. The lowest BCUT2D eigenvalue weighted by atomic mass is 10.1. The van der Waals surface area contributed by atoms with Crippen molar-refractivity contribution in [2.24, 2.45) is 4.99 Å². The first-order chi connectivity index (χ1) is 17.8. The van der Waals surface area contributed by atoms with Crippen LogP contribution in [0.1, 0.15) is 17.5 Å². The van der Waals surface area contributed by atoms with Gasteiger partial charge in [-0.05, 0) is 48.0 Å². The molecule has 2 amide bonds. The molecule has 11 heteroatoms. The third kappa shape index (κ3) is 5.72. The van der Waals surface area contributed by atoms with Crippen molar-refractivity contribution in [3.63, 3.8) is 0 Å². The lowest BCUT2D eigenvalue weighted by Crippen LogP contribution is -2.44. The van der Waals surface area contributed by atoms with E-state index >= 15 is 0 Å². The quantitative estimate of drug-likeness (QED) is 0.468. The van der Waals surface area contributed by atoms with Crippen LogP contribution in [0.5, 0.6) is 11.5 Å². The number of alkyl halides is 3. The molecular weight excluding hydrogens is 507 g/mol. The Morgan fingerprint density at radius 2 is 1.81 bits per heavy atom. The largest absolute Gasteiger partial charge is 0.454 e. The summed E-state index contributed by atoms with van der Waals surface area (Å²) in [6.07, 6.45) is -4.65. The van der Waals surface area contributed by atoms with Crippen molar-refractivity contribution < 1.29 is 32.2 Å². The molecule has 1 atom stereocenters. The van der Waals surface area contributed by atoms with Gasteiger partial charge in [-0.1, -0.05) is 42.1 Å². The van der Waals surface area contributed by atoms with Gasteiger partial charge in [0.1, 0.15) is 5.25 Å². The van der Waals surface area contributed by atoms with Gasteiger partial charge in [0.25, 0.3) is 0 Å². The van der Waals surface area contributed by atoms with E-state index in [2.05, 4.69) is 10.3 Å². The van der Waals surface area contributed by atoms with Gasteiger partial charge in [-0.3, -0.25) is 14.5 Å². The standard InChI is InChI=1S/C26H20F3N3O4S/c27-26(28,29)17-5-4-8-19(12-17)31-25-32(14-16-9-10-20-21(11-16)36-15-35-20)23(33)13-22(37-25)24(34)30-18-6-2-1-3-7-18/h1-12,22H,13-15H2,(H,30,34). The topological polar surface area (TPSA) is 80.2 Å². The third-order valence-corrected chi connectivity index (χ3v) is 6.84. The first-order valence-electron chi connectivity index (χ1n) is 11.2. The van der Waals surface area contributed by atoms with E-state index in [1.54, 1.807) is 42.5 Å². The number of anilines is 1. The monoisotopic (exact) mass is 527 g/mol. The number of ether oxygens (including phenoxy) is 2. The Hall–Kier alpha value is -3.99. The Morgan fingerprint density at radius 1 is 1.03 bits per heavy atom. The second-order valence-electron chi connectivity index (χ2n) is 8.28. The highest BCUT2D eigenvalue weighted by atomic mass is 32.2. The fourth-order valence-electron chi connectivity index (χ4n) is 3.83. The van der Waals surface area contributed by atoms with Crippen molar-refractivity contribution in [1.29, 1.82) is 0 Å². The molecule has 1 fully saturated rings. The minimum atomic E-state index is -4.55. The van der Waals surface area contributed by atoms with E-state index in [-0.39, 0.29) is 36.5 Å². The lowest BCUT2D eigenvalue weighted by molar-refractivity contribution is -0.137. The zero-order chi connectivity index (χ0) is 26.0. The van der Waals surface area contributed by atoms with E-state index in [1.165, 1.54) is 17.0 Å².